The van der Waals surface area contributed by atoms with E-state index in [-0.39, 0.29) is 0 Å². The molecule has 130 valence electrons. The van der Waals surface area contributed by atoms with E-state index in [1.54, 1.807) is 12.1 Å². The van der Waals surface area contributed by atoms with Gasteiger partial charge in [-0.05, 0) is 47.5 Å². The first-order valence-corrected chi connectivity index (χ1v) is 9.42. The van der Waals surface area contributed by atoms with Crippen molar-refractivity contribution >= 4 is 33.3 Å². The first-order valence-electron chi connectivity index (χ1n) is 8.61. The second kappa shape index (κ2) is 5.67. The van der Waals surface area contributed by atoms with Crippen LogP contribution in [-0.4, -0.2) is 26.4 Å². The van der Waals surface area contributed by atoms with Gasteiger partial charge < -0.3 is 16.2 Å². The fraction of sp³-hybridized carbons (Fsp3) is 0.471. The third-order valence-corrected chi connectivity index (χ3v) is 6.64. The molecule has 2 fully saturated rings. The van der Waals surface area contributed by atoms with Crippen LogP contribution >= 0.6 is 11.3 Å². The minimum absolute atomic E-state index is 0.358. The van der Waals surface area contributed by atoms with Crippen LogP contribution in [0.15, 0.2) is 22.8 Å². The van der Waals surface area contributed by atoms with E-state index >= 15 is 0 Å². The topological polar surface area (TPSA) is 110 Å². The summed E-state index contributed by atoms with van der Waals surface area (Å²) in [7, 11) is 0. The number of anilines is 2. The highest BCUT2D eigenvalue weighted by atomic mass is 32.1. The third kappa shape index (κ3) is 2.47. The number of fused-ring (bicyclic) bond motifs is 3. The van der Waals surface area contributed by atoms with Gasteiger partial charge in [-0.1, -0.05) is 29.9 Å². The summed E-state index contributed by atoms with van der Waals surface area (Å²) < 4.78 is 4.78. The minimum atomic E-state index is -0.899. The van der Waals surface area contributed by atoms with Gasteiger partial charge >= 0.3 is 0 Å². The zero-order valence-electron chi connectivity index (χ0n) is 13.6. The lowest BCUT2D eigenvalue weighted by molar-refractivity contribution is 0.225. The molecule has 25 heavy (non-hydrogen) atoms. The average molecular weight is 357 g/mol. The van der Waals surface area contributed by atoms with Crippen LogP contribution < -0.4 is 11.1 Å². The number of nitrogens with two attached hydrogens (primary N) is 1. The molecule has 1 aromatic carbocycles. The maximum Gasteiger partial charge on any atom is 0.185 e. The highest BCUT2D eigenvalue weighted by Crippen LogP contribution is 2.46. The summed E-state index contributed by atoms with van der Waals surface area (Å²) in [5, 5.41) is 22.9. The van der Waals surface area contributed by atoms with Gasteiger partial charge in [-0.15, -0.1) is 0 Å². The quantitative estimate of drug-likeness (QED) is 0.658. The Morgan fingerprint density at radius 3 is 3.00 bits per heavy atom. The molecule has 2 aliphatic carbocycles. The molecule has 4 atom stereocenters. The molecule has 0 spiro atoms. The van der Waals surface area contributed by atoms with Crippen LogP contribution in [0.3, 0.4) is 0 Å². The zero-order valence-corrected chi connectivity index (χ0v) is 14.4. The zero-order chi connectivity index (χ0) is 17.0. The van der Waals surface area contributed by atoms with E-state index in [1.165, 1.54) is 37.0 Å². The van der Waals surface area contributed by atoms with E-state index in [9.17, 15) is 5.11 Å². The van der Waals surface area contributed by atoms with Gasteiger partial charge in [0.1, 0.15) is 23.0 Å². The van der Waals surface area contributed by atoms with E-state index in [0.29, 0.717) is 33.3 Å². The Balaban J connectivity index is 1.42. The molecular formula is C17H19N5O2S. The van der Waals surface area contributed by atoms with Gasteiger partial charge in [0.2, 0.25) is 0 Å². The highest BCUT2D eigenvalue weighted by Gasteiger charge is 2.39. The van der Waals surface area contributed by atoms with Gasteiger partial charge in [0.05, 0.1) is 4.88 Å². The van der Waals surface area contributed by atoms with Crippen molar-refractivity contribution in [2.45, 2.75) is 37.8 Å². The number of aromatic nitrogens is 3. The standard InChI is InChI=1S/C17H19N5O2S/c18-16-15(14(23)10-2-1-3-11-13(10)22-24-21-11)25-17(20-16)19-12-7-8-4-5-9(12)6-8/h1-3,8-9,12,14,23H,4-7,18H2,(H,19,20)/t8?,9?,12-,14?/m0/s1. The number of nitrogens with zero attached hydrogens (tertiary/aromatic N) is 3. The molecular weight excluding hydrogens is 338 g/mol. The van der Waals surface area contributed by atoms with Crippen molar-refractivity contribution in [2.75, 3.05) is 11.1 Å². The molecule has 2 aliphatic rings. The number of rotatable bonds is 4. The molecule has 0 radical (unpaired) electrons. The summed E-state index contributed by atoms with van der Waals surface area (Å²) >= 11 is 1.41. The summed E-state index contributed by atoms with van der Waals surface area (Å²) in [5.41, 5.74) is 7.87. The van der Waals surface area contributed by atoms with E-state index in [2.05, 4.69) is 20.6 Å². The van der Waals surface area contributed by atoms with E-state index in [4.69, 9.17) is 10.4 Å². The number of thiazole rings is 1. The molecule has 0 saturated heterocycles. The van der Waals surface area contributed by atoms with Gasteiger partial charge in [0, 0.05) is 11.6 Å². The smallest absolute Gasteiger partial charge is 0.185 e. The summed E-state index contributed by atoms with van der Waals surface area (Å²) in [6, 6.07) is 5.90. The van der Waals surface area contributed by atoms with E-state index in [0.717, 1.165) is 17.0 Å². The Hall–Kier alpha value is -2.19. The van der Waals surface area contributed by atoms with Crippen molar-refractivity contribution in [1.29, 1.82) is 0 Å². The maximum atomic E-state index is 10.8. The Kier molecular flexibility index (Phi) is 3.42. The molecule has 3 aromatic rings. The van der Waals surface area contributed by atoms with Crippen molar-refractivity contribution in [3.63, 3.8) is 0 Å². The molecule has 8 heteroatoms. The van der Waals surface area contributed by atoms with Gasteiger partial charge in [-0.3, -0.25) is 0 Å². The van der Waals surface area contributed by atoms with Crippen LogP contribution in [0.2, 0.25) is 0 Å². The largest absolute Gasteiger partial charge is 0.383 e. The fourth-order valence-corrected chi connectivity index (χ4v) is 5.32. The number of benzene rings is 1. The predicted octanol–water partition coefficient (Wildman–Crippen LogP) is 2.94. The summed E-state index contributed by atoms with van der Waals surface area (Å²) in [6.45, 7) is 0. The summed E-state index contributed by atoms with van der Waals surface area (Å²) in [6.07, 6.45) is 4.31. The lowest BCUT2D eigenvalue weighted by atomic mass is 9.96. The number of nitrogens with one attached hydrogen (secondary N) is 1. The van der Waals surface area contributed by atoms with Crippen molar-refractivity contribution in [1.82, 2.24) is 15.3 Å². The average Bonchev–Trinajstić information content (AvgIpc) is 3.37. The number of hydrogen-bond donors (Lipinski definition) is 3. The number of aliphatic hydroxyl groups is 1. The Labute approximate surface area is 148 Å². The molecule has 2 saturated carbocycles. The second-order valence-electron chi connectivity index (χ2n) is 7.08. The van der Waals surface area contributed by atoms with E-state index < -0.39 is 6.10 Å². The highest BCUT2D eigenvalue weighted by molar-refractivity contribution is 7.16. The molecule has 2 bridgehead atoms. The van der Waals surface area contributed by atoms with Crippen molar-refractivity contribution < 1.29 is 9.74 Å². The van der Waals surface area contributed by atoms with Crippen LogP contribution in [-0.2, 0) is 0 Å². The number of nitrogen functional groups attached to an aromatic ring is 1. The monoisotopic (exact) mass is 357 g/mol. The van der Waals surface area contributed by atoms with Gasteiger partial charge in [-0.2, -0.15) is 0 Å². The predicted molar refractivity (Wildman–Crippen MR) is 95.3 cm³/mol. The van der Waals surface area contributed by atoms with Crippen LogP contribution in [0.25, 0.3) is 11.0 Å². The van der Waals surface area contributed by atoms with Crippen LogP contribution in [0, 0.1) is 11.8 Å². The molecule has 7 nitrogen and oxygen atoms in total. The maximum absolute atomic E-state index is 10.8. The fourth-order valence-electron chi connectivity index (χ4n) is 4.37. The molecule has 3 unspecified atom stereocenters. The van der Waals surface area contributed by atoms with Gasteiger partial charge in [0.15, 0.2) is 5.13 Å². The molecule has 5 rings (SSSR count). The van der Waals surface area contributed by atoms with Crippen molar-refractivity contribution in [2.24, 2.45) is 11.8 Å². The third-order valence-electron chi connectivity index (χ3n) is 5.59. The van der Waals surface area contributed by atoms with Gasteiger partial charge in [-0.25, -0.2) is 9.61 Å². The summed E-state index contributed by atoms with van der Waals surface area (Å²) in [5.74, 6) is 1.97. The lowest BCUT2D eigenvalue weighted by Gasteiger charge is -2.22. The molecule has 2 heterocycles. The SMILES string of the molecule is Nc1nc(N[C@H]2CC3CCC2C3)sc1C(O)c1cccc2nonc12. The Morgan fingerprint density at radius 1 is 1.28 bits per heavy atom. The normalized spacial score (nSPS) is 26.4. The Morgan fingerprint density at radius 2 is 2.20 bits per heavy atom. The van der Waals surface area contributed by atoms with Gasteiger partial charge in [0.25, 0.3) is 0 Å². The van der Waals surface area contributed by atoms with Crippen molar-refractivity contribution in [3.8, 4) is 0 Å². The van der Waals surface area contributed by atoms with Crippen LogP contribution in [0.1, 0.15) is 42.2 Å². The molecule has 0 amide bonds. The summed E-state index contributed by atoms with van der Waals surface area (Å²) in [4.78, 5) is 5.06. The molecule has 4 N–H and O–H groups in total. The van der Waals surface area contributed by atoms with Crippen LogP contribution in [0.5, 0.6) is 0 Å². The van der Waals surface area contributed by atoms with Crippen molar-refractivity contribution in [3.05, 3.63) is 28.6 Å². The number of aliphatic hydroxyl groups excluding tert-OH is 1. The second-order valence-corrected chi connectivity index (χ2v) is 8.11. The lowest BCUT2D eigenvalue weighted by Crippen LogP contribution is -2.25. The first-order chi connectivity index (χ1) is 12.2. The minimum Gasteiger partial charge on any atom is -0.383 e. The van der Waals surface area contributed by atoms with E-state index in [1.807, 2.05) is 6.07 Å². The molecule has 2 aromatic heterocycles. The Bertz CT molecular complexity index is 923. The first kappa shape index (κ1) is 15.1. The number of hydrogen-bond acceptors (Lipinski definition) is 8. The molecule has 0 aliphatic heterocycles. The van der Waals surface area contributed by atoms with Crippen LogP contribution in [0.4, 0.5) is 10.9 Å².